The SMILES string of the molecule is CCCCCCCCCCCCCCCCCCCCCCCCCCCCCCCCCCC(=O)OCC(COC(=O)CCCCCCCCCCCCCCC)OC(=O)CCCCCCCCCCCCCCC. The predicted octanol–water partition coefficient (Wildman–Crippen LogP) is 23.8. The third-order valence-electron chi connectivity index (χ3n) is 16.4. The van der Waals surface area contributed by atoms with E-state index in [0.717, 1.165) is 57.8 Å². The predicted molar refractivity (Wildman–Crippen MR) is 330 cm³/mol. The van der Waals surface area contributed by atoms with Gasteiger partial charge in [0.1, 0.15) is 13.2 Å². The van der Waals surface area contributed by atoms with E-state index in [2.05, 4.69) is 20.8 Å². The van der Waals surface area contributed by atoms with Crippen LogP contribution in [0.5, 0.6) is 0 Å². The number of carbonyl (C=O) groups is 3. The monoisotopic (exact) mass is 1070 g/mol. The molecule has 0 N–H and O–H groups in total. The second kappa shape index (κ2) is 65.9. The van der Waals surface area contributed by atoms with Gasteiger partial charge in [-0.1, -0.05) is 374 Å². The number of ether oxygens (including phenoxy) is 3. The molecule has 452 valence electrons. The van der Waals surface area contributed by atoms with Crippen LogP contribution in [0.4, 0.5) is 0 Å². The van der Waals surface area contributed by atoms with E-state index in [1.807, 2.05) is 0 Å². The Morgan fingerprint density at radius 2 is 0.355 bits per heavy atom. The second-order valence-corrected chi connectivity index (χ2v) is 24.2. The molecule has 0 saturated heterocycles. The molecular formula is C70H136O6. The summed E-state index contributed by atoms with van der Waals surface area (Å²) in [6, 6.07) is 0. The molecule has 6 nitrogen and oxygen atoms in total. The molecule has 0 aliphatic carbocycles. The summed E-state index contributed by atoms with van der Waals surface area (Å²) in [5, 5.41) is 0. The van der Waals surface area contributed by atoms with Gasteiger partial charge < -0.3 is 14.2 Å². The topological polar surface area (TPSA) is 78.9 Å². The van der Waals surface area contributed by atoms with Crippen LogP contribution >= 0.6 is 0 Å². The Balaban J connectivity index is 4.02. The van der Waals surface area contributed by atoms with E-state index in [-0.39, 0.29) is 31.1 Å². The van der Waals surface area contributed by atoms with Gasteiger partial charge in [-0.15, -0.1) is 0 Å². The van der Waals surface area contributed by atoms with Crippen molar-refractivity contribution < 1.29 is 28.6 Å². The van der Waals surface area contributed by atoms with Crippen molar-refractivity contribution in [1.82, 2.24) is 0 Å². The van der Waals surface area contributed by atoms with Crippen molar-refractivity contribution in [2.24, 2.45) is 0 Å². The average Bonchev–Trinajstić information content (AvgIpc) is 3.42. The summed E-state index contributed by atoms with van der Waals surface area (Å²) in [7, 11) is 0. The van der Waals surface area contributed by atoms with Gasteiger partial charge in [0.15, 0.2) is 6.10 Å². The van der Waals surface area contributed by atoms with Crippen LogP contribution in [0.3, 0.4) is 0 Å². The van der Waals surface area contributed by atoms with Crippen molar-refractivity contribution in [3.05, 3.63) is 0 Å². The zero-order chi connectivity index (χ0) is 55.0. The Labute approximate surface area is 476 Å². The van der Waals surface area contributed by atoms with Crippen molar-refractivity contribution in [3.63, 3.8) is 0 Å². The molecule has 0 heterocycles. The molecule has 0 fully saturated rings. The average molecular weight is 1070 g/mol. The lowest BCUT2D eigenvalue weighted by Gasteiger charge is -2.18. The largest absolute Gasteiger partial charge is 0.462 e. The van der Waals surface area contributed by atoms with Crippen LogP contribution in [-0.2, 0) is 28.6 Å². The van der Waals surface area contributed by atoms with Crippen molar-refractivity contribution in [2.75, 3.05) is 13.2 Å². The lowest BCUT2D eigenvalue weighted by molar-refractivity contribution is -0.167. The van der Waals surface area contributed by atoms with Gasteiger partial charge in [-0.3, -0.25) is 14.4 Å². The highest BCUT2D eigenvalue weighted by Crippen LogP contribution is 2.19. The molecular weight excluding hydrogens is 937 g/mol. The Kier molecular flexibility index (Phi) is 64.5. The smallest absolute Gasteiger partial charge is 0.306 e. The fourth-order valence-corrected chi connectivity index (χ4v) is 11.1. The summed E-state index contributed by atoms with van der Waals surface area (Å²) in [4.78, 5) is 38.3. The minimum Gasteiger partial charge on any atom is -0.462 e. The Bertz CT molecular complexity index is 1140. The van der Waals surface area contributed by atoms with Crippen molar-refractivity contribution in [2.45, 2.75) is 419 Å². The van der Waals surface area contributed by atoms with Crippen LogP contribution in [0.15, 0.2) is 0 Å². The summed E-state index contributed by atoms with van der Waals surface area (Å²) in [6.45, 7) is 6.72. The molecule has 0 aliphatic rings. The van der Waals surface area contributed by atoms with E-state index in [1.54, 1.807) is 0 Å². The number of carbonyl (C=O) groups excluding carboxylic acids is 3. The molecule has 1 unspecified atom stereocenters. The summed E-state index contributed by atoms with van der Waals surface area (Å²) < 4.78 is 16.9. The first-order chi connectivity index (χ1) is 37.5. The van der Waals surface area contributed by atoms with Gasteiger partial charge in [-0.05, 0) is 19.3 Å². The minimum atomic E-state index is -0.762. The summed E-state index contributed by atoms with van der Waals surface area (Å²) in [6.07, 6.45) is 77.2. The molecule has 0 aromatic rings. The molecule has 0 spiro atoms. The first kappa shape index (κ1) is 74.4. The normalized spacial score (nSPS) is 11.9. The number of hydrogen-bond donors (Lipinski definition) is 0. The zero-order valence-corrected chi connectivity index (χ0v) is 52.1. The summed E-state index contributed by atoms with van der Waals surface area (Å²) >= 11 is 0. The lowest BCUT2D eigenvalue weighted by Crippen LogP contribution is -2.30. The fraction of sp³-hybridized carbons (Fsp3) is 0.957. The first-order valence-corrected chi connectivity index (χ1v) is 35.0. The van der Waals surface area contributed by atoms with Gasteiger partial charge in [0.25, 0.3) is 0 Å². The van der Waals surface area contributed by atoms with Gasteiger partial charge in [0, 0.05) is 19.3 Å². The van der Waals surface area contributed by atoms with Crippen LogP contribution in [0.25, 0.3) is 0 Å². The summed E-state index contributed by atoms with van der Waals surface area (Å²) in [5.41, 5.74) is 0. The van der Waals surface area contributed by atoms with Crippen LogP contribution in [-0.4, -0.2) is 37.2 Å². The van der Waals surface area contributed by atoms with Crippen LogP contribution < -0.4 is 0 Å². The number of hydrogen-bond acceptors (Lipinski definition) is 6. The quantitative estimate of drug-likeness (QED) is 0.0343. The van der Waals surface area contributed by atoms with Gasteiger partial charge in [0.2, 0.25) is 0 Å². The lowest BCUT2D eigenvalue weighted by atomic mass is 10.0. The third-order valence-corrected chi connectivity index (χ3v) is 16.4. The number of rotatable bonds is 66. The van der Waals surface area contributed by atoms with Crippen LogP contribution in [0.2, 0.25) is 0 Å². The van der Waals surface area contributed by atoms with Crippen molar-refractivity contribution in [3.8, 4) is 0 Å². The maximum atomic E-state index is 12.9. The Hall–Kier alpha value is -1.59. The van der Waals surface area contributed by atoms with E-state index < -0.39 is 6.10 Å². The van der Waals surface area contributed by atoms with Gasteiger partial charge in [-0.25, -0.2) is 0 Å². The van der Waals surface area contributed by atoms with Crippen LogP contribution in [0, 0.1) is 0 Å². The Morgan fingerprint density at radius 1 is 0.211 bits per heavy atom. The molecule has 6 heteroatoms. The van der Waals surface area contributed by atoms with E-state index >= 15 is 0 Å². The zero-order valence-electron chi connectivity index (χ0n) is 52.1. The van der Waals surface area contributed by atoms with Crippen LogP contribution in [0.1, 0.15) is 412 Å². The Morgan fingerprint density at radius 3 is 0.526 bits per heavy atom. The van der Waals surface area contributed by atoms with Crippen molar-refractivity contribution in [1.29, 1.82) is 0 Å². The maximum Gasteiger partial charge on any atom is 0.306 e. The highest BCUT2D eigenvalue weighted by molar-refractivity contribution is 5.71. The summed E-state index contributed by atoms with van der Waals surface area (Å²) in [5.74, 6) is -0.826. The first-order valence-electron chi connectivity index (χ1n) is 35.0. The third kappa shape index (κ3) is 63.2. The molecule has 0 bridgehead atoms. The fourth-order valence-electron chi connectivity index (χ4n) is 11.1. The molecule has 0 radical (unpaired) electrons. The molecule has 0 saturated carbocycles. The van der Waals surface area contributed by atoms with E-state index in [1.165, 1.54) is 315 Å². The van der Waals surface area contributed by atoms with E-state index in [0.29, 0.717) is 19.3 Å². The highest BCUT2D eigenvalue weighted by Gasteiger charge is 2.19. The number of esters is 3. The molecule has 1 atom stereocenters. The van der Waals surface area contributed by atoms with Gasteiger partial charge in [-0.2, -0.15) is 0 Å². The second-order valence-electron chi connectivity index (χ2n) is 24.2. The molecule has 0 rings (SSSR count). The standard InChI is InChI=1S/C70H136O6/c1-4-7-10-13-16-19-22-25-26-27-28-29-30-31-32-33-34-35-36-37-38-39-40-41-42-43-46-48-51-54-57-60-63-69(72)75-66-67(76-70(73)64-61-58-55-52-49-45-24-21-18-15-12-9-6-3)65-74-68(71)62-59-56-53-50-47-44-23-20-17-14-11-8-5-2/h67H,4-66H2,1-3H3. The van der Waals surface area contributed by atoms with Gasteiger partial charge >= 0.3 is 17.9 Å². The van der Waals surface area contributed by atoms with E-state index in [9.17, 15) is 14.4 Å². The minimum absolute atomic E-state index is 0.0607. The maximum absolute atomic E-state index is 12.9. The highest BCUT2D eigenvalue weighted by atomic mass is 16.6. The molecule has 0 aromatic heterocycles. The molecule has 0 amide bonds. The van der Waals surface area contributed by atoms with Crippen molar-refractivity contribution >= 4 is 17.9 Å². The molecule has 0 aromatic carbocycles. The van der Waals surface area contributed by atoms with Gasteiger partial charge in [0.05, 0.1) is 0 Å². The van der Waals surface area contributed by atoms with E-state index in [4.69, 9.17) is 14.2 Å². The molecule has 0 aliphatic heterocycles. The number of unbranched alkanes of at least 4 members (excludes halogenated alkanes) is 55. The molecule has 76 heavy (non-hydrogen) atoms.